The molecule has 0 radical (unpaired) electrons. The summed E-state index contributed by atoms with van der Waals surface area (Å²) in [4.78, 5) is 11.8. The van der Waals surface area contributed by atoms with Crippen molar-refractivity contribution in [3.63, 3.8) is 0 Å². The summed E-state index contributed by atoms with van der Waals surface area (Å²) in [6.45, 7) is 1.94. The Labute approximate surface area is 101 Å². The third-order valence-electron chi connectivity index (χ3n) is 2.37. The molecule has 0 aliphatic carbocycles. The minimum absolute atomic E-state index is 0.566. The number of nitrogens with zero attached hydrogens (tertiary/aromatic N) is 2. The van der Waals surface area contributed by atoms with Crippen LogP contribution in [0.1, 0.15) is 5.82 Å². The van der Waals surface area contributed by atoms with Gasteiger partial charge in [-0.2, -0.15) is 0 Å². The number of aromatic amines is 1. The maximum absolute atomic E-state index is 5.82. The van der Waals surface area contributed by atoms with Crippen LogP contribution in [0, 0.1) is 6.92 Å². The molecule has 0 saturated carbocycles. The highest BCUT2D eigenvalue weighted by Crippen LogP contribution is 2.26. The van der Waals surface area contributed by atoms with Gasteiger partial charge in [-0.1, -0.05) is 17.7 Å². The van der Waals surface area contributed by atoms with Crippen molar-refractivity contribution in [3.05, 3.63) is 33.9 Å². The lowest BCUT2D eigenvalue weighted by Crippen LogP contribution is -1.77. The van der Waals surface area contributed by atoms with Gasteiger partial charge in [0.05, 0.1) is 16.7 Å². The molecule has 0 fully saturated rings. The summed E-state index contributed by atoms with van der Waals surface area (Å²) in [5.74, 6) is 0.920. The Morgan fingerprint density at radius 2 is 2.19 bits per heavy atom. The van der Waals surface area contributed by atoms with Gasteiger partial charge < -0.3 is 4.98 Å². The molecule has 0 aliphatic heterocycles. The molecule has 0 saturated heterocycles. The number of H-pyrrole nitrogens is 1. The number of fused-ring (bicyclic) bond motifs is 1. The van der Waals surface area contributed by atoms with Crippen LogP contribution in [0.5, 0.6) is 0 Å². The Balaban J connectivity index is 2.17. The van der Waals surface area contributed by atoms with Gasteiger partial charge in [-0.05, 0) is 19.1 Å². The number of hydrogen-bond donors (Lipinski definition) is 1. The van der Waals surface area contributed by atoms with Crippen molar-refractivity contribution in [1.82, 2.24) is 15.0 Å². The van der Waals surface area contributed by atoms with E-state index in [0.717, 1.165) is 28.1 Å². The standard InChI is InChI=1S/C11H8ClN3S/c1-6-13-8-3-2-7(4-9(8)14-6)10-5-16-11(12)15-10/h2-5H,1H3,(H,13,14). The van der Waals surface area contributed by atoms with Gasteiger partial charge in [0.2, 0.25) is 0 Å². The predicted molar refractivity (Wildman–Crippen MR) is 66.9 cm³/mol. The van der Waals surface area contributed by atoms with Crippen molar-refractivity contribution < 1.29 is 0 Å². The van der Waals surface area contributed by atoms with Crippen molar-refractivity contribution in [2.75, 3.05) is 0 Å². The Hall–Kier alpha value is -1.39. The minimum atomic E-state index is 0.566. The van der Waals surface area contributed by atoms with Gasteiger partial charge in [0.25, 0.3) is 0 Å². The van der Waals surface area contributed by atoms with Crippen LogP contribution in [-0.2, 0) is 0 Å². The number of aromatic nitrogens is 3. The van der Waals surface area contributed by atoms with E-state index in [0.29, 0.717) is 4.47 Å². The van der Waals surface area contributed by atoms with Crippen LogP contribution in [-0.4, -0.2) is 15.0 Å². The fourth-order valence-corrected chi connectivity index (χ4v) is 2.45. The van der Waals surface area contributed by atoms with Crippen LogP contribution in [0.15, 0.2) is 23.6 Å². The minimum Gasteiger partial charge on any atom is -0.342 e. The van der Waals surface area contributed by atoms with Crippen molar-refractivity contribution >= 4 is 34.0 Å². The Morgan fingerprint density at radius 1 is 1.31 bits per heavy atom. The highest BCUT2D eigenvalue weighted by molar-refractivity contribution is 7.14. The number of rotatable bonds is 1. The molecule has 0 unspecified atom stereocenters. The monoisotopic (exact) mass is 249 g/mol. The zero-order valence-corrected chi connectivity index (χ0v) is 10.1. The second-order valence-electron chi connectivity index (χ2n) is 3.54. The average molecular weight is 250 g/mol. The zero-order chi connectivity index (χ0) is 11.1. The molecule has 1 aromatic carbocycles. The maximum Gasteiger partial charge on any atom is 0.184 e. The zero-order valence-electron chi connectivity index (χ0n) is 8.49. The molecule has 1 N–H and O–H groups in total. The lowest BCUT2D eigenvalue weighted by atomic mass is 10.1. The molecule has 80 valence electrons. The van der Waals surface area contributed by atoms with Crippen LogP contribution in [0.3, 0.4) is 0 Å². The molecule has 2 heterocycles. The number of aryl methyl sites for hydroxylation is 1. The van der Waals surface area contributed by atoms with Gasteiger partial charge in [-0.15, -0.1) is 11.3 Å². The first-order valence-electron chi connectivity index (χ1n) is 4.80. The molecule has 0 amide bonds. The molecule has 5 heteroatoms. The van der Waals surface area contributed by atoms with Crippen molar-refractivity contribution in [2.45, 2.75) is 6.92 Å². The third-order valence-corrected chi connectivity index (χ3v) is 3.35. The predicted octanol–water partition coefficient (Wildman–Crippen LogP) is 3.65. The number of nitrogens with one attached hydrogen (secondary N) is 1. The van der Waals surface area contributed by atoms with Crippen molar-refractivity contribution in [1.29, 1.82) is 0 Å². The number of benzene rings is 1. The van der Waals surface area contributed by atoms with E-state index in [1.807, 2.05) is 30.5 Å². The van der Waals surface area contributed by atoms with Crippen LogP contribution < -0.4 is 0 Å². The normalized spacial score (nSPS) is 11.1. The van der Waals surface area contributed by atoms with Crippen LogP contribution in [0.4, 0.5) is 0 Å². The van der Waals surface area contributed by atoms with E-state index in [-0.39, 0.29) is 0 Å². The molecule has 3 aromatic rings. The van der Waals surface area contributed by atoms with Gasteiger partial charge in [-0.25, -0.2) is 9.97 Å². The number of halogens is 1. The van der Waals surface area contributed by atoms with Gasteiger partial charge in [-0.3, -0.25) is 0 Å². The van der Waals surface area contributed by atoms with E-state index < -0.39 is 0 Å². The molecule has 3 nitrogen and oxygen atoms in total. The summed E-state index contributed by atoms with van der Waals surface area (Å²) >= 11 is 7.26. The summed E-state index contributed by atoms with van der Waals surface area (Å²) in [5, 5.41) is 1.95. The highest BCUT2D eigenvalue weighted by Gasteiger charge is 2.05. The lowest BCUT2D eigenvalue weighted by molar-refractivity contribution is 1.17. The Bertz CT molecular complexity index is 656. The molecular weight excluding hydrogens is 242 g/mol. The van der Waals surface area contributed by atoms with Crippen molar-refractivity contribution in [3.8, 4) is 11.3 Å². The fourth-order valence-electron chi connectivity index (χ4n) is 1.68. The molecule has 16 heavy (non-hydrogen) atoms. The summed E-state index contributed by atoms with van der Waals surface area (Å²) in [6.07, 6.45) is 0. The summed E-state index contributed by atoms with van der Waals surface area (Å²) in [5.41, 5.74) is 3.96. The topological polar surface area (TPSA) is 41.6 Å². The lowest BCUT2D eigenvalue weighted by Gasteiger charge is -1.95. The van der Waals surface area contributed by atoms with Gasteiger partial charge in [0, 0.05) is 10.9 Å². The van der Waals surface area contributed by atoms with E-state index in [9.17, 15) is 0 Å². The summed E-state index contributed by atoms with van der Waals surface area (Å²) in [7, 11) is 0. The average Bonchev–Trinajstić information content (AvgIpc) is 2.81. The second-order valence-corrected chi connectivity index (χ2v) is 4.98. The van der Waals surface area contributed by atoms with Crippen molar-refractivity contribution in [2.24, 2.45) is 0 Å². The first-order chi connectivity index (χ1) is 7.72. The quantitative estimate of drug-likeness (QED) is 0.715. The molecule has 0 aliphatic rings. The van der Waals surface area contributed by atoms with Crippen LogP contribution in [0.25, 0.3) is 22.3 Å². The van der Waals surface area contributed by atoms with E-state index in [2.05, 4.69) is 15.0 Å². The van der Waals surface area contributed by atoms with E-state index in [4.69, 9.17) is 11.6 Å². The molecule has 0 atom stereocenters. The van der Waals surface area contributed by atoms with E-state index >= 15 is 0 Å². The molecular formula is C11H8ClN3S. The van der Waals surface area contributed by atoms with Gasteiger partial charge in [0.1, 0.15) is 5.82 Å². The van der Waals surface area contributed by atoms with E-state index in [1.54, 1.807) is 0 Å². The molecule has 3 rings (SSSR count). The second kappa shape index (κ2) is 3.57. The van der Waals surface area contributed by atoms with E-state index in [1.165, 1.54) is 11.3 Å². The third kappa shape index (κ3) is 1.60. The number of hydrogen-bond acceptors (Lipinski definition) is 3. The first-order valence-corrected chi connectivity index (χ1v) is 6.06. The summed E-state index contributed by atoms with van der Waals surface area (Å²) < 4.78 is 0.566. The van der Waals surface area contributed by atoms with Gasteiger partial charge >= 0.3 is 0 Å². The Kier molecular flexibility index (Phi) is 2.19. The Morgan fingerprint density at radius 3 is 2.94 bits per heavy atom. The fraction of sp³-hybridized carbons (Fsp3) is 0.0909. The number of thiazole rings is 1. The SMILES string of the molecule is Cc1nc2ccc(-c3csc(Cl)n3)cc2[nH]1. The first kappa shape index (κ1) is 9.81. The largest absolute Gasteiger partial charge is 0.342 e. The molecule has 0 bridgehead atoms. The highest BCUT2D eigenvalue weighted by atomic mass is 35.5. The van der Waals surface area contributed by atoms with Gasteiger partial charge in [0.15, 0.2) is 4.47 Å². The smallest absolute Gasteiger partial charge is 0.184 e. The maximum atomic E-state index is 5.82. The van der Waals surface area contributed by atoms with Crippen LogP contribution in [0.2, 0.25) is 4.47 Å². The molecule has 0 spiro atoms. The number of imidazole rings is 1. The van der Waals surface area contributed by atoms with Crippen LogP contribution >= 0.6 is 22.9 Å². The summed E-state index contributed by atoms with van der Waals surface area (Å²) in [6, 6.07) is 6.04. The molecule has 2 aromatic heterocycles.